The number of aryl methyl sites for hydroxylation is 1. The SMILES string of the molecule is CC(C)c1cccc(C(C)C)c1-n1c2c(c3c1-c1cc4c5c(cc(-c6ccccc6)c4cc1CC3)C=CC1C=CC=CC51)CCCC2. The summed E-state index contributed by atoms with van der Waals surface area (Å²) in [5.41, 5.74) is 19.3. The minimum atomic E-state index is 0.364. The van der Waals surface area contributed by atoms with Crippen LogP contribution in [0.5, 0.6) is 0 Å². The molecule has 0 radical (unpaired) electrons. The van der Waals surface area contributed by atoms with Crippen molar-refractivity contribution in [2.75, 3.05) is 0 Å². The van der Waals surface area contributed by atoms with Gasteiger partial charge in [0.2, 0.25) is 0 Å². The number of nitrogens with zero attached hydrogens (tertiary/aromatic N) is 1. The van der Waals surface area contributed by atoms with Gasteiger partial charge in [-0.15, -0.1) is 0 Å². The van der Waals surface area contributed by atoms with Crippen LogP contribution in [0.2, 0.25) is 0 Å². The van der Waals surface area contributed by atoms with Crippen LogP contribution in [-0.4, -0.2) is 4.57 Å². The minimum absolute atomic E-state index is 0.364. The van der Waals surface area contributed by atoms with Crippen molar-refractivity contribution in [1.29, 1.82) is 0 Å². The number of fused-ring (bicyclic) bond motifs is 10. The zero-order valence-electron chi connectivity index (χ0n) is 28.3. The smallest absolute Gasteiger partial charge is 0.0569 e. The maximum atomic E-state index is 2.80. The average molecular weight is 612 g/mol. The predicted octanol–water partition coefficient (Wildman–Crippen LogP) is 12.0. The van der Waals surface area contributed by atoms with E-state index in [9.17, 15) is 0 Å². The Morgan fingerprint density at radius 2 is 1.43 bits per heavy atom. The topological polar surface area (TPSA) is 4.93 Å². The van der Waals surface area contributed by atoms with Gasteiger partial charge in [-0.1, -0.05) is 113 Å². The molecule has 0 N–H and O–H groups in total. The van der Waals surface area contributed by atoms with Crippen LogP contribution in [0, 0.1) is 5.92 Å². The summed E-state index contributed by atoms with van der Waals surface area (Å²) >= 11 is 0. The maximum absolute atomic E-state index is 2.80. The van der Waals surface area contributed by atoms with Crippen LogP contribution in [-0.2, 0) is 25.7 Å². The van der Waals surface area contributed by atoms with E-state index in [1.165, 1.54) is 92.3 Å². The van der Waals surface area contributed by atoms with Crippen molar-refractivity contribution in [3.63, 3.8) is 0 Å². The molecule has 2 unspecified atom stereocenters. The highest BCUT2D eigenvalue weighted by molar-refractivity contribution is 6.04. The first-order chi connectivity index (χ1) is 23.0. The molecular formula is C46H45N. The summed E-state index contributed by atoms with van der Waals surface area (Å²) in [6.45, 7) is 9.50. The molecule has 1 aromatic heterocycles. The lowest BCUT2D eigenvalue weighted by Crippen LogP contribution is -2.15. The Hall–Kier alpha value is -4.36. The van der Waals surface area contributed by atoms with Crippen LogP contribution in [0.15, 0.2) is 97.1 Å². The number of allylic oxidation sites excluding steroid dienone is 5. The molecular weight excluding hydrogens is 567 g/mol. The third-order valence-corrected chi connectivity index (χ3v) is 11.6. The molecule has 4 aliphatic rings. The monoisotopic (exact) mass is 611 g/mol. The van der Waals surface area contributed by atoms with E-state index in [1.54, 1.807) is 16.8 Å². The first-order valence-electron chi connectivity index (χ1n) is 18.1. The molecule has 1 heterocycles. The molecule has 0 aliphatic heterocycles. The lowest BCUT2D eigenvalue weighted by Gasteiger charge is -2.31. The van der Waals surface area contributed by atoms with Gasteiger partial charge in [-0.25, -0.2) is 0 Å². The van der Waals surface area contributed by atoms with E-state index in [0.29, 0.717) is 23.7 Å². The Bertz CT molecular complexity index is 2120. The summed E-state index contributed by atoms with van der Waals surface area (Å²) < 4.78 is 2.80. The molecule has 234 valence electrons. The van der Waals surface area contributed by atoms with Gasteiger partial charge in [0.05, 0.1) is 11.4 Å². The minimum Gasteiger partial charge on any atom is -0.312 e. The van der Waals surface area contributed by atoms with Crippen molar-refractivity contribution in [2.45, 2.75) is 84.0 Å². The fourth-order valence-electron chi connectivity index (χ4n) is 9.36. The largest absolute Gasteiger partial charge is 0.312 e. The normalized spacial score (nSPS) is 19.1. The van der Waals surface area contributed by atoms with Gasteiger partial charge in [-0.2, -0.15) is 0 Å². The van der Waals surface area contributed by atoms with Gasteiger partial charge in [0, 0.05) is 23.1 Å². The summed E-state index contributed by atoms with van der Waals surface area (Å²) in [7, 11) is 0. The van der Waals surface area contributed by atoms with E-state index in [1.807, 2.05) is 0 Å². The van der Waals surface area contributed by atoms with Gasteiger partial charge in [-0.3, -0.25) is 0 Å². The highest BCUT2D eigenvalue weighted by Crippen LogP contribution is 2.50. The van der Waals surface area contributed by atoms with Crippen molar-refractivity contribution in [3.05, 3.63) is 142 Å². The summed E-state index contributed by atoms with van der Waals surface area (Å²) in [5, 5.41) is 2.83. The molecule has 0 spiro atoms. The molecule has 4 aliphatic carbocycles. The van der Waals surface area contributed by atoms with Crippen LogP contribution in [0.3, 0.4) is 0 Å². The van der Waals surface area contributed by atoms with Crippen LogP contribution in [0.25, 0.3) is 44.9 Å². The number of aromatic nitrogens is 1. The zero-order chi connectivity index (χ0) is 31.8. The Balaban J connectivity index is 1.39. The molecule has 47 heavy (non-hydrogen) atoms. The second-order valence-electron chi connectivity index (χ2n) is 15.0. The van der Waals surface area contributed by atoms with E-state index < -0.39 is 0 Å². The van der Waals surface area contributed by atoms with Gasteiger partial charge in [0.25, 0.3) is 0 Å². The number of benzene rings is 4. The van der Waals surface area contributed by atoms with Crippen molar-refractivity contribution >= 4 is 16.8 Å². The molecule has 0 bridgehead atoms. The molecule has 0 amide bonds. The van der Waals surface area contributed by atoms with E-state index >= 15 is 0 Å². The van der Waals surface area contributed by atoms with E-state index in [0.717, 1.165) is 12.8 Å². The highest BCUT2D eigenvalue weighted by atomic mass is 15.0. The van der Waals surface area contributed by atoms with Gasteiger partial charge < -0.3 is 4.57 Å². The Labute approximate surface area is 280 Å². The Morgan fingerprint density at radius 3 is 2.21 bits per heavy atom. The number of hydrogen-bond donors (Lipinski definition) is 0. The third kappa shape index (κ3) is 4.42. The predicted molar refractivity (Wildman–Crippen MR) is 200 cm³/mol. The molecule has 4 aromatic carbocycles. The van der Waals surface area contributed by atoms with Crippen LogP contribution >= 0.6 is 0 Å². The first kappa shape index (κ1) is 28.8. The molecule has 9 rings (SSSR count). The summed E-state index contributed by atoms with van der Waals surface area (Å²) in [6.07, 6.45) is 21.3. The maximum Gasteiger partial charge on any atom is 0.0569 e. The van der Waals surface area contributed by atoms with Gasteiger partial charge >= 0.3 is 0 Å². The summed E-state index contributed by atoms with van der Waals surface area (Å²) in [4.78, 5) is 0. The van der Waals surface area contributed by atoms with Crippen LogP contribution < -0.4 is 0 Å². The number of hydrogen-bond acceptors (Lipinski definition) is 0. The second kappa shape index (κ2) is 11.1. The first-order valence-corrected chi connectivity index (χ1v) is 18.1. The molecule has 0 saturated heterocycles. The molecule has 0 fully saturated rings. The molecule has 1 nitrogen and oxygen atoms in total. The zero-order valence-corrected chi connectivity index (χ0v) is 28.3. The summed E-state index contributed by atoms with van der Waals surface area (Å²) in [6, 6.07) is 25.9. The number of para-hydroxylation sites is 1. The lowest BCUT2D eigenvalue weighted by atomic mass is 9.73. The molecule has 1 heteroatoms. The Kier molecular flexibility index (Phi) is 6.82. The van der Waals surface area contributed by atoms with Crippen molar-refractivity contribution < 1.29 is 0 Å². The van der Waals surface area contributed by atoms with Gasteiger partial charge in [-0.05, 0) is 129 Å². The van der Waals surface area contributed by atoms with Crippen molar-refractivity contribution in [3.8, 4) is 28.1 Å². The molecule has 2 atom stereocenters. The van der Waals surface area contributed by atoms with E-state index in [4.69, 9.17) is 0 Å². The Morgan fingerprint density at radius 1 is 0.660 bits per heavy atom. The molecule has 5 aromatic rings. The van der Waals surface area contributed by atoms with E-state index in [-0.39, 0.29) is 0 Å². The lowest BCUT2D eigenvalue weighted by molar-refractivity contribution is 0.657. The highest BCUT2D eigenvalue weighted by Gasteiger charge is 2.34. The third-order valence-electron chi connectivity index (χ3n) is 11.6. The van der Waals surface area contributed by atoms with Crippen molar-refractivity contribution in [1.82, 2.24) is 4.57 Å². The average Bonchev–Trinajstić information content (AvgIpc) is 3.44. The standard InChI is InChI=1S/C46H45N/c1-28(2)34-18-12-19-35(29(3)4)45(34)47-43-20-11-10-17-37(43)38-24-23-32-25-41-39(30-13-6-5-7-14-30)26-33-22-21-31-15-8-9-16-36(31)44(33)42(41)27-40(32)46(38)47/h5-9,12-16,18-19,21-22,25-29,31,36H,10-11,17,20,23-24H2,1-4H3. The quantitative estimate of drug-likeness (QED) is 0.190. The number of rotatable bonds is 4. The van der Waals surface area contributed by atoms with Crippen molar-refractivity contribution in [2.24, 2.45) is 5.92 Å². The van der Waals surface area contributed by atoms with Crippen LogP contribution in [0.4, 0.5) is 0 Å². The van der Waals surface area contributed by atoms with E-state index in [2.05, 4.69) is 135 Å². The van der Waals surface area contributed by atoms with Gasteiger partial charge in [0.1, 0.15) is 0 Å². The van der Waals surface area contributed by atoms with Gasteiger partial charge in [0.15, 0.2) is 0 Å². The molecule has 0 saturated carbocycles. The fraction of sp³-hybridized carbons (Fsp3) is 0.304. The summed E-state index contributed by atoms with van der Waals surface area (Å²) in [5.74, 6) is 1.68. The van der Waals surface area contributed by atoms with Crippen LogP contribution in [0.1, 0.15) is 103 Å². The second-order valence-corrected chi connectivity index (χ2v) is 15.0. The fourth-order valence-corrected chi connectivity index (χ4v) is 9.36.